The number of nitriles is 1. The van der Waals surface area contributed by atoms with Crippen molar-refractivity contribution in [3.05, 3.63) is 41.5 Å². The maximum absolute atomic E-state index is 12.3. The van der Waals surface area contributed by atoms with E-state index in [4.69, 9.17) is 10.00 Å². The smallest absolute Gasteiger partial charge is 0.331 e. The SMILES string of the molecule is C[C@@H](OC(=O)/C=C/c1ccc(C#N)cc1)C(=O)N(C)[C@H]1CCS(=O)(=O)C1. The van der Waals surface area contributed by atoms with Crippen molar-refractivity contribution in [3.63, 3.8) is 0 Å². The van der Waals surface area contributed by atoms with Crippen molar-refractivity contribution in [2.75, 3.05) is 18.6 Å². The summed E-state index contributed by atoms with van der Waals surface area (Å²) in [7, 11) is -1.58. The van der Waals surface area contributed by atoms with Crippen molar-refractivity contribution in [2.45, 2.75) is 25.5 Å². The van der Waals surface area contributed by atoms with E-state index in [9.17, 15) is 18.0 Å². The van der Waals surface area contributed by atoms with Crippen LogP contribution in [0.5, 0.6) is 0 Å². The lowest BCUT2D eigenvalue weighted by Gasteiger charge is -2.26. The molecule has 0 bridgehead atoms. The van der Waals surface area contributed by atoms with Crippen LogP contribution < -0.4 is 0 Å². The first-order valence-electron chi connectivity index (χ1n) is 8.08. The van der Waals surface area contributed by atoms with Crippen LogP contribution in [-0.2, 0) is 24.2 Å². The minimum atomic E-state index is -3.10. The van der Waals surface area contributed by atoms with E-state index in [-0.39, 0.29) is 17.5 Å². The number of benzene rings is 1. The second kappa shape index (κ2) is 8.15. The number of carbonyl (C=O) groups is 2. The molecule has 2 rings (SSSR count). The topological polar surface area (TPSA) is 105 Å². The number of nitrogens with zero attached hydrogens (tertiary/aromatic N) is 2. The molecule has 0 spiro atoms. The van der Waals surface area contributed by atoms with E-state index in [0.717, 1.165) is 0 Å². The summed E-state index contributed by atoms with van der Waals surface area (Å²) in [6.07, 6.45) is 2.10. The molecular formula is C18H20N2O5S. The summed E-state index contributed by atoms with van der Waals surface area (Å²) in [5.41, 5.74) is 1.23. The van der Waals surface area contributed by atoms with Gasteiger partial charge in [0.1, 0.15) is 0 Å². The molecule has 0 N–H and O–H groups in total. The van der Waals surface area contributed by atoms with Crippen molar-refractivity contribution in [3.8, 4) is 6.07 Å². The van der Waals surface area contributed by atoms with Crippen LogP contribution >= 0.6 is 0 Å². The third-order valence-corrected chi connectivity index (χ3v) is 5.95. The van der Waals surface area contributed by atoms with Crippen molar-refractivity contribution in [1.29, 1.82) is 5.26 Å². The normalized spacial score (nSPS) is 19.7. The van der Waals surface area contributed by atoms with Crippen molar-refractivity contribution < 1.29 is 22.7 Å². The molecule has 1 aliphatic heterocycles. The molecule has 0 radical (unpaired) electrons. The third kappa shape index (κ3) is 5.17. The lowest BCUT2D eigenvalue weighted by molar-refractivity contribution is -0.155. The lowest BCUT2D eigenvalue weighted by atomic mass is 10.1. The highest BCUT2D eigenvalue weighted by molar-refractivity contribution is 7.91. The molecule has 0 aromatic heterocycles. The number of ether oxygens (including phenoxy) is 1. The predicted molar refractivity (Wildman–Crippen MR) is 95.6 cm³/mol. The number of sulfone groups is 1. The Labute approximate surface area is 152 Å². The second-order valence-corrected chi connectivity index (χ2v) is 8.38. The molecule has 7 nitrogen and oxygen atoms in total. The second-order valence-electron chi connectivity index (χ2n) is 6.15. The van der Waals surface area contributed by atoms with Crippen molar-refractivity contribution in [2.24, 2.45) is 0 Å². The molecule has 1 aromatic rings. The third-order valence-electron chi connectivity index (χ3n) is 4.20. The maximum Gasteiger partial charge on any atom is 0.331 e. The van der Waals surface area contributed by atoms with Gasteiger partial charge in [-0.25, -0.2) is 13.2 Å². The van der Waals surface area contributed by atoms with Crippen LogP contribution in [0.4, 0.5) is 0 Å². The summed E-state index contributed by atoms with van der Waals surface area (Å²) in [5, 5.41) is 8.74. The van der Waals surface area contributed by atoms with Gasteiger partial charge in [0.05, 0.1) is 23.1 Å². The molecule has 0 aliphatic carbocycles. The van der Waals surface area contributed by atoms with E-state index in [1.54, 1.807) is 24.3 Å². The Kier molecular flexibility index (Phi) is 6.16. The maximum atomic E-state index is 12.3. The molecule has 8 heteroatoms. The number of hydrogen-bond donors (Lipinski definition) is 0. The van der Waals surface area contributed by atoms with E-state index < -0.39 is 27.8 Å². The van der Waals surface area contributed by atoms with Gasteiger partial charge in [-0.15, -0.1) is 0 Å². The standard InChI is InChI=1S/C18H20N2O5S/c1-13(18(22)20(2)16-9-10-26(23,24)12-16)25-17(21)8-7-14-3-5-15(11-19)6-4-14/h3-8,13,16H,9-10,12H2,1-2H3/b8-7+/t13-,16+/m1/s1. The summed E-state index contributed by atoms with van der Waals surface area (Å²) in [6, 6.07) is 8.24. The average molecular weight is 376 g/mol. The summed E-state index contributed by atoms with van der Waals surface area (Å²) in [4.78, 5) is 25.5. The van der Waals surface area contributed by atoms with Crippen LogP contribution in [0.15, 0.2) is 30.3 Å². The zero-order valence-electron chi connectivity index (χ0n) is 14.6. The van der Waals surface area contributed by atoms with Gasteiger partial charge >= 0.3 is 5.97 Å². The number of carbonyl (C=O) groups excluding carboxylic acids is 2. The van der Waals surface area contributed by atoms with Crippen molar-refractivity contribution in [1.82, 2.24) is 4.90 Å². The van der Waals surface area contributed by atoms with Crippen LogP contribution in [0.2, 0.25) is 0 Å². The zero-order chi connectivity index (χ0) is 19.3. The highest BCUT2D eigenvalue weighted by atomic mass is 32.2. The van der Waals surface area contributed by atoms with Gasteiger partial charge in [-0.1, -0.05) is 12.1 Å². The predicted octanol–water partition coefficient (Wildman–Crippen LogP) is 1.15. The largest absolute Gasteiger partial charge is 0.449 e. The molecule has 1 amide bonds. The Morgan fingerprint density at radius 1 is 1.35 bits per heavy atom. The number of rotatable bonds is 5. The van der Waals surface area contributed by atoms with E-state index in [1.807, 2.05) is 6.07 Å². The molecule has 1 aromatic carbocycles. The lowest BCUT2D eigenvalue weighted by Crippen LogP contribution is -2.44. The van der Waals surface area contributed by atoms with Gasteiger partial charge in [0, 0.05) is 19.2 Å². The van der Waals surface area contributed by atoms with Gasteiger partial charge in [0.15, 0.2) is 15.9 Å². The highest BCUT2D eigenvalue weighted by Crippen LogP contribution is 2.17. The van der Waals surface area contributed by atoms with Gasteiger partial charge in [-0.3, -0.25) is 4.79 Å². The van der Waals surface area contributed by atoms with E-state index in [0.29, 0.717) is 17.5 Å². The molecular weight excluding hydrogens is 356 g/mol. The van der Waals surface area contributed by atoms with Crippen LogP contribution in [-0.4, -0.2) is 55.9 Å². The van der Waals surface area contributed by atoms with E-state index in [1.165, 1.54) is 31.0 Å². The Morgan fingerprint density at radius 2 is 2.00 bits per heavy atom. The molecule has 0 saturated carbocycles. The van der Waals surface area contributed by atoms with Gasteiger partial charge in [0.25, 0.3) is 5.91 Å². The minimum absolute atomic E-state index is 0.0610. The number of esters is 1. The quantitative estimate of drug-likeness (QED) is 0.564. The number of hydrogen-bond acceptors (Lipinski definition) is 6. The first-order valence-corrected chi connectivity index (χ1v) is 9.90. The molecule has 26 heavy (non-hydrogen) atoms. The fraction of sp³-hybridized carbons (Fsp3) is 0.389. The Hall–Kier alpha value is -2.66. The van der Waals surface area contributed by atoms with E-state index >= 15 is 0 Å². The molecule has 138 valence electrons. The summed E-state index contributed by atoms with van der Waals surface area (Å²) in [6.45, 7) is 1.45. The Balaban J connectivity index is 1.90. The Morgan fingerprint density at radius 3 is 2.54 bits per heavy atom. The highest BCUT2D eigenvalue weighted by Gasteiger charge is 2.34. The van der Waals surface area contributed by atoms with Crippen LogP contribution in [0.3, 0.4) is 0 Å². The monoisotopic (exact) mass is 376 g/mol. The van der Waals surface area contributed by atoms with Gasteiger partial charge < -0.3 is 9.64 Å². The van der Waals surface area contributed by atoms with Crippen molar-refractivity contribution >= 4 is 27.8 Å². The fourth-order valence-corrected chi connectivity index (χ4v) is 4.42. The van der Waals surface area contributed by atoms with Gasteiger partial charge in [-0.05, 0) is 37.1 Å². The number of amides is 1. The van der Waals surface area contributed by atoms with Gasteiger partial charge in [0.2, 0.25) is 0 Å². The first kappa shape index (κ1) is 19.7. The first-order chi connectivity index (χ1) is 12.2. The molecule has 2 atom stereocenters. The van der Waals surface area contributed by atoms with Crippen LogP contribution in [0, 0.1) is 11.3 Å². The fourth-order valence-electron chi connectivity index (χ4n) is 2.64. The van der Waals surface area contributed by atoms with Crippen LogP contribution in [0.25, 0.3) is 6.08 Å². The molecule has 1 aliphatic rings. The minimum Gasteiger partial charge on any atom is -0.449 e. The zero-order valence-corrected chi connectivity index (χ0v) is 15.4. The van der Waals surface area contributed by atoms with E-state index in [2.05, 4.69) is 0 Å². The average Bonchev–Trinajstić information content (AvgIpc) is 2.98. The van der Waals surface area contributed by atoms with Gasteiger partial charge in [-0.2, -0.15) is 5.26 Å². The summed E-state index contributed by atoms with van der Waals surface area (Å²) in [5.74, 6) is -1.11. The molecule has 0 unspecified atom stereocenters. The molecule has 1 fully saturated rings. The summed E-state index contributed by atoms with van der Waals surface area (Å²) >= 11 is 0. The number of likely N-dealkylation sites (N-methyl/N-ethyl adjacent to an activating group) is 1. The molecule has 1 saturated heterocycles. The summed E-state index contributed by atoms with van der Waals surface area (Å²) < 4.78 is 28.1. The molecule has 1 heterocycles. The Bertz CT molecular complexity index is 853. The van der Waals surface area contributed by atoms with Crippen LogP contribution in [0.1, 0.15) is 24.5 Å².